The molecular weight excluding hydrogens is 420 g/mol. The van der Waals surface area contributed by atoms with Gasteiger partial charge in [-0.25, -0.2) is 9.97 Å². The number of nitrogens with two attached hydrogens (primary N) is 2. The second kappa shape index (κ2) is 5.81. The third-order valence-electron chi connectivity index (χ3n) is 5.54. The molecule has 0 fully saturated rings. The van der Waals surface area contributed by atoms with Crippen molar-refractivity contribution in [3.05, 3.63) is 67.5 Å². The Kier molecular flexibility index (Phi) is 3.24. The average molecular weight is 432 g/mol. The summed E-state index contributed by atoms with van der Waals surface area (Å²) in [5.41, 5.74) is 8.45. The van der Waals surface area contributed by atoms with Gasteiger partial charge in [0.1, 0.15) is 16.8 Å². The Balaban J connectivity index is 1.73. The Labute approximate surface area is 175 Å². The molecule has 4 aromatic heterocycles. The van der Waals surface area contributed by atoms with E-state index in [0.29, 0.717) is 11.1 Å². The van der Waals surface area contributed by atoms with Crippen molar-refractivity contribution in [1.82, 2.24) is 49.6 Å². The summed E-state index contributed by atoms with van der Waals surface area (Å²) in [6, 6.07) is 6.79. The first-order valence-electron chi connectivity index (χ1n) is 9.25. The summed E-state index contributed by atoms with van der Waals surface area (Å²) in [4.78, 5) is 48.6. The maximum Gasteiger partial charge on any atom is 0.286 e. The molecule has 0 unspecified atom stereocenters. The first kappa shape index (κ1) is 17.9. The third kappa shape index (κ3) is 2.10. The molecule has 0 atom stereocenters. The van der Waals surface area contributed by atoms with Gasteiger partial charge in [-0.15, -0.1) is 20.4 Å². The number of rotatable bonds is 2. The molecule has 15 heteroatoms. The topological polar surface area (TPSA) is 221 Å². The Bertz CT molecular complexity index is 1610. The lowest BCUT2D eigenvalue weighted by Crippen LogP contribution is -2.46. The van der Waals surface area contributed by atoms with E-state index in [4.69, 9.17) is 11.5 Å². The van der Waals surface area contributed by atoms with E-state index in [1.807, 2.05) is 0 Å². The number of nitrogens with zero attached hydrogens (tertiary/aromatic N) is 8. The minimum Gasteiger partial charge on any atom is -0.366 e. The monoisotopic (exact) mass is 432 g/mol. The second-order valence-corrected chi connectivity index (χ2v) is 7.26. The van der Waals surface area contributed by atoms with Gasteiger partial charge >= 0.3 is 0 Å². The molecule has 6 N–H and O–H groups in total. The molecule has 0 amide bonds. The maximum atomic E-state index is 13.8. The highest BCUT2D eigenvalue weighted by atomic mass is 16.1. The van der Waals surface area contributed by atoms with Crippen LogP contribution >= 0.6 is 0 Å². The van der Waals surface area contributed by atoms with Gasteiger partial charge in [0.2, 0.25) is 11.9 Å². The zero-order chi connectivity index (χ0) is 22.2. The molecule has 0 radical (unpaired) electrons. The summed E-state index contributed by atoms with van der Waals surface area (Å²) in [5, 5.41) is 20.0. The number of H-pyrrole nitrogens is 2. The lowest BCUT2D eigenvalue weighted by atomic mass is 9.77. The Hall–Kier alpha value is -4.95. The number of aromatic amines is 2. The molecule has 0 saturated carbocycles. The van der Waals surface area contributed by atoms with Crippen LogP contribution in [0, 0.1) is 0 Å². The molecule has 32 heavy (non-hydrogen) atoms. The molecule has 1 aliphatic carbocycles. The van der Waals surface area contributed by atoms with Crippen LogP contribution < -0.4 is 22.6 Å². The van der Waals surface area contributed by atoms with Crippen molar-refractivity contribution >= 4 is 29.2 Å². The predicted octanol–water partition coefficient (Wildman–Crippen LogP) is -2.17. The van der Waals surface area contributed by atoms with E-state index in [1.165, 1.54) is 0 Å². The normalized spacial score (nSPS) is 14.9. The number of Topliss-reactive ketones (excluding diaryl/α,β-unsaturated/α-hetero) is 1. The highest BCUT2D eigenvalue weighted by Crippen LogP contribution is 2.41. The molecule has 4 heterocycles. The van der Waals surface area contributed by atoms with Crippen molar-refractivity contribution in [2.45, 2.75) is 11.8 Å². The van der Waals surface area contributed by atoms with Gasteiger partial charge in [0, 0.05) is 5.56 Å². The van der Waals surface area contributed by atoms with E-state index >= 15 is 0 Å². The molecule has 158 valence electrons. The Morgan fingerprint density at radius 3 is 1.88 bits per heavy atom. The number of nitrogen functional groups attached to an aromatic ring is 2. The molecular formula is C17H12N12O3. The van der Waals surface area contributed by atoms with E-state index in [9.17, 15) is 14.4 Å². The van der Waals surface area contributed by atoms with Crippen LogP contribution in [0.3, 0.4) is 0 Å². The molecule has 0 aliphatic heterocycles. The van der Waals surface area contributed by atoms with Gasteiger partial charge in [-0.05, 0) is 12.0 Å². The van der Waals surface area contributed by atoms with Crippen molar-refractivity contribution in [1.29, 1.82) is 0 Å². The first-order valence-corrected chi connectivity index (χ1v) is 9.25. The number of ketones is 1. The molecule has 0 saturated heterocycles. The maximum absolute atomic E-state index is 13.8. The molecule has 0 spiro atoms. The van der Waals surface area contributed by atoms with Crippen molar-refractivity contribution in [2.75, 3.05) is 11.5 Å². The summed E-state index contributed by atoms with van der Waals surface area (Å²) >= 11 is 0. The van der Waals surface area contributed by atoms with Crippen LogP contribution in [0.1, 0.15) is 27.3 Å². The fourth-order valence-electron chi connectivity index (χ4n) is 4.11. The van der Waals surface area contributed by atoms with Crippen molar-refractivity contribution in [3.8, 4) is 0 Å². The van der Waals surface area contributed by atoms with Crippen LogP contribution in [0.25, 0.3) is 11.6 Å². The highest BCUT2D eigenvalue weighted by Gasteiger charge is 2.54. The predicted molar refractivity (Wildman–Crippen MR) is 107 cm³/mol. The summed E-state index contributed by atoms with van der Waals surface area (Å²) in [6.07, 6.45) is -0.0340. The van der Waals surface area contributed by atoms with Gasteiger partial charge in [-0.1, -0.05) is 24.3 Å². The standard InChI is InChI=1S/C17H12N12O3/c18-13-22-24-15-20-8(11(31)26-28(13)15)17(5-6-3-1-2-4-7(6)10(17)30)9-12(32)27-29-14(19)23-25-16(29)21-9/h1-4H,5H2,(H2,18,22)(H2,19,23)(H,26,31)(H,27,32). The Morgan fingerprint density at radius 1 is 0.812 bits per heavy atom. The zero-order valence-corrected chi connectivity index (χ0v) is 16.0. The molecule has 5 aromatic rings. The number of hydrogen-bond donors (Lipinski definition) is 4. The van der Waals surface area contributed by atoms with Crippen LogP contribution in [-0.2, 0) is 11.8 Å². The minimum absolute atomic E-state index is 0.0340. The Morgan fingerprint density at radius 2 is 1.34 bits per heavy atom. The quantitative estimate of drug-likeness (QED) is 0.235. The molecule has 1 aromatic carbocycles. The third-order valence-corrected chi connectivity index (χ3v) is 5.54. The van der Waals surface area contributed by atoms with E-state index in [0.717, 1.165) is 9.03 Å². The summed E-state index contributed by atoms with van der Waals surface area (Å²) < 4.78 is 2.15. The van der Waals surface area contributed by atoms with Crippen molar-refractivity contribution < 1.29 is 4.79 Å². The van der Waals surface area contributed by atoms with Crippen LogP contribution in [0.15, 0.2) is 33.9 Å². The number of hydrogen-bond acceptors (Lipinski definition) is 11. The van der Waals surface area contributed by atoms with Crippen molar-refractivity contribution in [2.24, 2.45) is 0 Å². The zero-order valence-electron chi connectivity index (χ0n) is 16.0. The van der Waals surface area contributed by atoms with Gasteiger partial charge < -0.3 is 11.5 Å². The molecule has 0 bridgehead atoms. The van der Waals surface area contributed by atoms with Crippen LogP contribution in [0.5, 0.6) is 0 Å². The summed E-state index contributed by atoms with van der Waals surface area (Å²) in [7, 11) is 0. The smallest absolute Gasteiger partial charge is 0.286 e. The minimum atomic E-state index is -1.85. The highest BCUT2D eigenvalue weighted by molar-refractivity contribution is 6.10. The average Bonchev–Trinajstić information content (AvgIpc) is 3.42. The van der Waals surface area contributed by atoms with Gasteiger partial charge in [0.05, 0.1) is 0 Å². The molecule has 15 nitrogen and oxygen atoms in total. The molecule has 6 rings (SSSR count). The molecule has 1 aliphatic rings. The van der Waals surface area contributed by atoms with E-state index < -0.39 is 22.3 Å². The fourth-order valence-corrected chi connectivity index (χ4v) is 4.11. The van der Waals surface area contributed by atoms with Crippen LogP contribution in [0.4, 0.5) is 11.9 Å². The second-order valence-electron chi connectivity index (χ2n) is 7.26. The van der Waals surface area contributed by atoms with Crippen molar-refractivity contribution in [3.63, 3.8) is 0 Å². The van der Waals surface area contributed by atoms with Crippen LogP contribution in [-0.4, -0.2) is 55.4 Å². The van der Waals surface area contributed by atoms with Crippen LogP contribution in [0.2, 0.25) is 0 Å². The summed E-state index contributed by atoms with van der Waals surface area (Å²) in [5.74, 6) is -0.809. The lowest BCUT2D eigenvalue weighted by molar-refractivity contribution is 0.0922. The van der Waals surface area contributed by atoms with Gasteiger partial charge in [0.25, 0.3) is 22.7 Å². The summed E-state index contributed by atoms with van der Waals surface area (Å²) in [6.45, 7) is 0. The fraction of sp³-hybridized carbons (Fsp3) is 0.118. The lowest BCUT2D eigenvalue weighted by Gasteiger charge is -2.24. The number of nitrogens with one attached hydrogen (secondary N) is 2. The van der Waals surface area contributed by atoms with Gasteiger partial charge in [-0.3, -0.25) is 24.6 Å². The number of carbonyl (C=O) groups is 1. The number of fused-ring (bicyclic) bond motifs is 3. The number of anilines is 2. The van der Waals surface area contributed by atoms with E-state index in [1.54, 1.807) is 24.3 Å². The SMILES string of the molecule is Nc1nnc2nc(C3(c4nc5nnc(N)n5[nH]c4=O)Cc4ccccc4C3=O)c(=O)[nH]n12. The first-order chi connectivity index (χ1) is 15.4. The number of aromatic nitrogens is 10. The van der Waals surface area contributed by atoms with Gasteiger partial charge in [0.15, 0.2) is 5.78 Å². The largest absolute Gasteiger partial charge is 0.366 e. The van der Waals surface area contributed by atoms with Gasteiger partial charge in [-0.2, -0.15) is 9.03 Å². The number of benzene rings is 1. The van der Waals surface area contributed by atoms with E-state index in [-0.39, 0.29) is 41.3 Å². The van der Waals surface area contributed by atoms with E-state index in [2.05, 4.69) is 40.6 Å². The number of carbonyl (C=O) groups excluding carboxylic acids is 1.